The van der Waals surface area contributed by atoms with Crippen LogP contribution in [0.5, 0.6) is 0 Å². The van der Waals surface area contributed by atoms with Gasteiger partial charge in [0, 0.05) is 12.6 Å². The van der Waals surface area contributed by atoms with Gasteiger partial charge >= 0.3 is 0 Å². The van der Waals surface area contributed by atoms with Gasteiger partial charge < -0.3 is 10.2 Å². The first-order valence-corrected chi connectivity index (χ1v) is 7.33. The van der Waals surface area contributed by atoms with Crippen LogP contribution < -0.4 is 10.0 Å². The third kappa shape index (κ3) is 4.37. The van der Waals surface area contributed by atoms with E-state index in [0.29, 0.717) is 12.8 Å². The summed E-state index contributed by atoms with van der Waals surface area (Å²) in [5.41, 5.74) is 0. The molecule has 1 aliphatic heterocycles. The molecule has 0 aromatic heterocycles. The summed E-state index contributed by atoms with van der Waals surface area (Å²) in [5.74, 6) is 0. The summed E-state index contributed by atoms with van der Waals surface area (Å²) in [6.07, 6.45) is 1.42. The number of sulfonamides is 1. The maximum atomic E-state index is 12.0. The number of nitrogens with one attached hydrogen (secondary N) is 2. The Hall–Kier alpha value is -0.170. The summed E-state index contributed by atoms with van der Waals surface area (Å²) in [6.45, 7) is 4.23. The van der Waals surface area contributed by atoms with Crippen molar-refractivity contribution in [3.05, 3.63) is 0 Å². The topological polar surface area (TPSA) is 61.4 Å². The fourth-order valence-electron chi connectivity index (χ4n) is 2.07. The first-order chi connectivity index (χ1) is 7.42. The van der Waals surface area contributed by atoms with Crippen molar-refractivity contribution in [1.82, 2.24) is 14.9 Å². The molecule has 16 heavy (non-hydrogen) atoms. The maximum Gasteiger partial charge on any atom is 0.214 e. The Morgan fingerprint density at radius 3 is 2.44 bits per heavy atom. The van der Waals surface area contributed by atoms with Crippen molar-refractivity contribution in [2.24, 2.45) is 0 Å². The number of hydrogen-bond acceptors (Lipinski definition) is 4. The third-order valence-corrected chi connectivity index (χ3v) is 4.81. The zero-order valence-corrected chi connectivity index (χ0v) is 11.2. The van der Waals surface area contributed by atoms with Gasteiger partial charge in [0.2, 0.25) is 10.0 Å². The minimum Gasteiger partial charge on any atom is -0.317 e. The predicted molar refractivity (Wildman–Crippen MR) is 66.0 cm³/mol. The van der Waals surface area contributed by atoms with E-state index in [-0.39, 0.29) is 11.3 Å². The Labute approximate surface area is 98.6 Å². The smallest absolute Gasteiger partial charge is 0.214 e. The highest BCUT2D eigenvalue weighted by Crippen LogP contribution is 2.12. The Morgan fingerprint density at radius 2 is 1.94 bits per heavy atom. The van der Waals surface area contributed by atoms with Crippen LogP contribution >= 0.6 is 0 Å². The molecule has 0 radical (unpaired) electrons. The van der Waals surface area contributed by atoms with E-state index in [4.69, 9.17) is 0 Å². The highest BCUT2D eigenvalue weighted by atomic mass is 32.2. The second kappa shape index (κ2) is 5.95. The van der Waals surface area contributed by atoms with E-state index in [1.165, 1.54) is 0 Å². The second-order valence-corrected chi connectivity index (χ2v) is 6.77. The molecule has 96 valence electrons. The van der Waals surface area contributed by atoms with Crippen LogP contribution in [0.1, 0.15) is 19.8 Å². The standard InChI is InChI=1S/C10H23N3O2S/c1-9(8-13(2)3)12-16(14,15)10-4-6-11-7-5-10/h9-12H,4-8H2,1-3H3. The lowest BCUT2D eigenvalue weighted by molar-refractivity contribution is 0.368. The highest BCUT2D eigenvalue weighted by molar-refractivity contribution is 7.90. The molecule has 0 spiro atoms. The van der Waals surface area contributed by atoms with E-state index in [1.54, 1.807) is 0 Å². The van der Waals surface area contributed by atoms with Crippen LogP contribution in [0.15, 0.2) is 0 Å². The molecule has 6 heteroatoms. The summed E-state index contributed by atoms with van der Waals surface area (Å²) >= 11 is 0. The van der Waals surface area contributed by atoms with Gasteiger partial charge in [-0.25, -0.2) is 13.1 Å². The first kappa shape index (κ1) is 13.9. The lowest BCUT2D eigenvalue weighted by atomic mass is 10.2. The van der Waals surface area contributed by atoms with Gasteiger partial charge in [-0.05, 0) is 47.0 Å². The van der Waals surface area contributed by atoms with Crippen LogP contribution in [0.2, 0.25) is 0 Å². The van der Waals surface area contributed by atoms with E-state index in [9.17, 15) is 8.42 Å². The van der Waals surface area contributed by atoms with Gasteiger partial charge in [-0.15, -0.1) is 0 Å². The zero-order valence-electron chi connectivity index (χ0n) is 10.4. The predicted octanol–water partition coefficient (Wildman–Crippen LogP) is -0.392. The molecule has 1 unspecified atom stereocenters. The molecule has 0 aromatic carbocycles. The second-order valence-electron chi connectivity index (χ2n) is 4.78. The molecular weight excluding hydrogens is 226 g/mol. The largest absolute Gasteiger partial charge is 0.317 e. The average molecular weight is 249 g/mol. The molecule has 0 aromatic rings. The van der Waals surface area contributed by atoms with Crippen molar-refractivity contribution >= 4 is 10.0 Å². The SMILES string of the molecule is CC(CN(C)C)NS(=O)(=O)C1CCNCC1. The number of likely N-dealkylation sites (N-methyl/N-ethyl adjacent to an activating group) is 1. The number of piperidine rings is 1. The van der Waals surface area contributed by atoms with Crippen molar-refractivity contribution in [2.75, 3.05) is 33.7 Å². The molecule has 0 aliphatic carbocycles. The van der Waals surface area contributed by atoms with E-state index < -0.39 is 10.0 Å². The lowest BCUT2D eigenvalue weighted by Gasteiger charge is -2.25. The van der Waals surface area contributed by atoms with Crippen LogP contribution in [0.25, 0.3) is 0 Å². The number of rotatable bonds is 5. The van der Waals surface area contributed by atoms with Crippen LogP contribution in [0.3, 0.4) is 0 Å². The molecule has 1 aliphatic rings. The van der Waals surface area contributed by atoms with Gasteiger partial charge in [0.1, 0.15) is 0 Å². The van der Waals surface area contributed by atoms with E-state index in [0.717, 1.165) is 19.6 Å². The Bertz CT molecular complexity index is 297. The molecular formula is C10H23N3O2S. The fourth-order valence-corrected chi connectivity index (χ4v) is 3.75. The molecule has 1 rings (SSSR count). The summed E-state index contributed by atoms with van der Waals surface area (Å²) in [4.78, 5) is 1.98. The molecule has 5 nitrogen and oxygen atoms in total. The van der Waals surface area contributed by atoms with E-state index in [1.807, 2.05) is 25.9 Å². The molecule has 0 bridgehead atoms. The summed E-state index contributed by atoms with van der Waals surface area (Å²) < 4.78 is 26.8. The van der Waals surface area contributed by atoms with Gasteiger partial charge in [0.25, 0.3) is 0 Å². The van der Waals surface area contributed by atoms with Crippen LogP contribution in [0.4, 0.5) is 0 Å². The van der Waals surface area contributed by atoms with Crippen LogP contribution in [0, 0.1) is 0 Å². The summed E-state index contributed by atoms with van der Waals surface area (Å²) in [7, 11) is 0.735. The van der Waals surface area contributed by atoms with Crippen molar-refractivity contribution in [3.63, 3.8) is 0 Å². The van der Waals surface area contributed by atoms with E-state index >= 15 is 0 Å². The van der Waals surface area contributed by atoms with Crippen molar-refractivity contribution in [2.45, 2.75) is 31.1 Å². The molecule has 2 N–H and O–H groups in total. The fraction of sp³-hybridized carbons (Fsp3) is 1.00. The third-order valence-electron chi connectivity index (χ3n) is 2.73. The van der Waals surface area contributed by atoms with Crippen LogP contribution in [-0.4, -0.2) is 58.3 Å². The minimum absolute atomic E-state index is 0.0325. The lowest BCUT2D eigenvalue weighted by Crippen LogP contribution is -2.46. The Balaban J connectivity index is 2.49. The van der Waals surface area contributed by atoms with Gasteiger partial charge in [-0.1, -0.05) is 0 Å². The van der Waals surface area contributed by atoms with E-state index in [2.05, 4.69) is 10.0 Å². The quantitative estimate of drug-likeness (QED) is 0.696. The van der Waals surface area contributed by atoms with Gasteiger partial charge in [0.05, 0.1) is 5.25 Å². The Kier molecular flexibility index (Phi) is 5.17. The molecule has 1 fully saturated rings. The van der Waals surface area contributed by atoms with Crippen molar-refractivity contribution in [3.8, 4) is 0 Å². The molecule has 0 amide bonds. The van der Waals surface area contributed by atoms with Gasteiger partial charge in [-0.3, -0.25) is 0 Å². The monoisotopic (exact) mass is 249 g/mol. The minimum atomic E-state index is -3.14. The van der Waals surface area contributed by atoms with Crippen molar-refractivity contribution in [1.29, 1.82) is 0 Å². The Morgan fingerprint density at radius 1 is 1.38 bits per heavy atom. The maximum absolute atomic E-state index is 12.0. The van der Waals surface area contributed by atoms with Gasteiger partial charge in [0.15, 0.2) is 0 Å². The van der Waals surface area contributed by atoms with Gasteiger partial charge in [-0.2, -0.15) is 0 Å². The average Bonchev–Trinajstić information content (AvgIpc) is 2.16. The highest BCUT2D eigenvalue weighted by Gasteiger charge is 2.28. The zero-order chi connectivity index (χ0) is 12.2. The van der Waals surface area contributed by atoms with Crippen molar-refractivity contribution < 1.29 is 8.42 Å². The summed E-state index contributed by atoms with van der Waals surface area (Å²) in [5, 5.41) is 2.95. The molecule has 0 saturated carbocycles. The summed E-state index contributed by atoms with van der Waals surface area (Å²) in [6, 6.07) is -0.0325. The van der Waals surface area contributed by atoms with Crippen LogP contribution in [-0.2, 0) is 10.0 Å². The molecule has 1 atom stereocenters. The number of hydrogen-bond donors (Lipinski definition) is 2. The number of nitrogens with zero attached hydrogens (tertiary/aromatic N) is 1. The normalized spacial score (nSPS) is 21.2. The molecule has 1 saturated heterocycles. The first-order valence-electron chi connectivity index (χ1n) is 5.78. The molecule has 1 heterocycles.